The highest BCUT2D eigenvalue weighted by Gasteiger charge is 2.26. The summed E-state index contributed by atoms with van der Waals surface area (Å²) in [5.41, 5.74) is 3.68. The normalized spacial score (nSPS) is 18.0. The summed E-state index contributed by atoms with van der Waals surface area (Å²) in [5.74, 6) is 0.719. The van der Waals surface area contributed by atoms with E-state index < -0.39 is 6.10 Å². The lowest BCUT2D eigenvalue weighted by molar-refractivity contribution is -0.919. The lowest BCUT2D eigenvalue weighted by Gasteiger charge is -2.28. The van der Waals surface area contributed by atoms with Crippen LogP contribution in [0.15, 0.2) is 29.1 Å². The van der Waals surface area contributed by atoms with E-state index in [-0.39, 0.29) is 11.2 Å². The number of aromatic amines is 1. The quantitative estimate of drug-likeness (QED) is 0.686. The minimum atomic E-state index is -0.539. The zero-order valence-corrected chi connectivity index (χ0v) is 17.3. The van der Waals surface area contributed by atoms with Gasteiger partial charge < -0.3 is 19.7 Å². The number of aliphatic hydroxyl groups is 1. The molecule has 6 nitrogen and oxygen atoms in total. The molecule has 1 aliphatic rings. The molecular weight excluding hydrogens is 354 g/mol. The molecule has 28 heavy (non-hydrogen) atoms. The molecule has 0 amide bonds. The van der Waals surface area contributed by atoms with Crippen LogP contribution in [0.25, 0.3) is 0 Å². The van der Waals surface area contributed by atoms with Gasteiger partial charge in [0.25, 0.3) is 5.56 Å². The second-order valence-electron chi connectivity index (χ2n) is 8.81. The van der Waals surface area contributed by atoms with Gasteiger partial charge in [-0.05, 0) is 33.3 Å². The Kier molecular flexibility index (Phi) is 6.33. The first-order valence-electron chi connectivity index (χ1n) is 10.0. The molecule has 1 aliphatic heterocycles. The minimum Gasteiger partial charge on any atom is -0.385 e. The van der Waals surface area contributed by atoms with Gasteiger partial charge in [0.2, 0.25) is 0 Å². The van der Waals surface area contributed by atoms with E-state index in [2.05, 4.69) is 30.1 Å². The van der Waals surface area contributed by atoms with Crippen molar-refractivity contribution in [3.05, 3.63) is 62.8 Å². The van der Waals surface area contributed by atoms with Gasteiger partial charge in [-0.1, -0.05) is 29.8 Å². The number of aliphatic hydroxyl groups excluding tert-OH is 1. The SMILES string of the molecule is Cc1cccc(Cc2nc3c(c(=O)[nH]2)C[NH+](C[C@H](O)COC(C)(C)C)CC3)c1. The Morgan fingerprint density at radius 1 is 1.36 bits per heavy atom. The molecule has 6 heteroatoms. The van der Waals surface area contributed by atoms with Crippen LogP contribution in [0.2, 0.25) is 0 Å². The van der Waals surface area contributed by atoms with E-state index in [0.29, 0.717) is 26.1 Å². The molecule has 2 atom stereocenters. The number of rotatable bonds is 6. The van der Waals surface area contributed by atoms with Crippen molar-refractivity contribution in [1.82, 2.24) is 9.97 Å². The van der Waals surface area contributed by atoms with Crippen molar-refractivity contribution in [2.45, 2.75) is 58.8 Å². The summed E-state index contributed by atoms with van der Waals surface area (Å²) in [6, 6.07) is 8.26. The fourth-order valence-corrected chi connectivity index (χ4v) is 3.63. The molecule has 0 fully saturated rings. The highest BCUT2D eigenvalue weighted by atomic mass is 16.5. The van der Waals surface area contributed by atoms with Gasteiger partial charge in [-0.2, -0.15) is 0 Å². The first kappa shape index (κ1) is 20.7. The molecule has 1 aromatic carbocycles. The van der Waals surface area contributed by atoms with E-state index in [1.54, 1.807) is 0 Å². The van der Waals surface area contributed by atoms with Gasteiger partial charge in [0.15, 0.2) is 0 Å². The van der Waals surface area contributed by atoms with Crippen LogP contribution in [0.3, 0.4) is 0 Å². The number of fused-ring (bicyclic) bond motifs is 1. The topological polar surface area (TPSA) is 79.7 Å². The van der Waals surface area contributed by atoms with E-state index in [1.807, 2.05) is 26.8 Å². The average molecular weight is 387 g/mol. The van der Waals surface area contributed by atoms with E-state index >= 15 is 0 Å². The second-order valence-corrected chi connectivity index (χ2v) is 8.81. The van der Waals surface area contributed by atoms with Crippen LogP contribution in [0.4, 0.5) is 0 Å². The van der Waals surface area contributed by atoms with Crippen LogP contribution in [-0.2, 0) is 24.1 Å². The van der Waals surface area contributed by atoms with Crippen LogP contribution in [0, 0.1) is 6.92 Å². The summed E-state index contributed by atoms with van der Waals surface area (Å²) in [7, 11) is 0. The maximum absolute atomic E-state index is 12.6. The summed E-state index contributed by atoms with van der Waals surface area (Å²) in [6.07, 6.45) is 0.842. The number of hydrogen-bond acceptors (Lipinski definition) is 4. The predicted molar refractivity (Wildman–Crippen MR) is 109 cm³/mol. The molecule has 0 spiro atoms. The van der Waals surface area contributed by atoms with E-state index in [1.165, 1.54) is 10.5 Å². The second kappa shape index (κ2) is 8.55. The van der Waals surface area contributed by atoms with Gasteiger partial charge in [0.05, 0.1) is 30.0 Å². The molecule has 0 aliphatic carbocycles. The fraction of sp³-hybridized carbons (Fsp3) is 0.545. The Hall–Kier alpha value is -2.02. The summed E-state index contributed by atoms with van der Waals surface area (Å²) in [4.78, 5) is 21.5. The Balaban J connectivity index is 1.65. The average Bonchev–Trinajstić information content (AvgIpc) is 2.60. The number of benzene rings is 1. The van der Waals surface area contributed by atoms with Crippen molar-refractivity contribution < 1.29 is 14.7 Å². The van der Waals surface area contributed by atoms with Gasteiger partial charge in [-0.25, -0.2) is 4.98 Å². The highest BCUT2D eigenvalue weighted by Crippen LogP contribution is 2.11. The summed E-state index contributed by atoms with van der Waals surface area (Å²) in [5, 5.41) is 10.3. The lowest BCUT2D eigenvalue weighted by Crippen LogP contribution is -3.13. The largest absolute Gasteiger partial charge is 0.385 e. The zero-order chi connectivity index (χ0) is 20.3. The predicted octanol–water partition coefficient (Wildman–Crippen LogP) is 0.786. The molecule has 0 bridgehead atoms. The monoisotopic (exact) mass is 386 g/mol. The van der Waals surface area contributed by atoms with Gasteiger partial charge in [0.1, 0.15) is 25.0 Å². The third-order valence-corrected chi connectivity index (χ3v) is 4.98. The number of aromatic nitrogens is 2. The molecule has 0 saturated carbocycles. The first-order valence-corrected chi connectivity index (χ1v) is 10.0. The molecule has 3 rings (SSSR count). The lowest BCUT2D eigenvalue weighted by atomic mass is 10.1. The maximum atomic E-state index is 12.6. The minimum absolute atomic E-state index is 0.0507. The molecule has 0 saturated heterocycles. The molecule has 0 radical (unpaired) electrons. The van der Waals surface area contributed by atoms with Crippen LogP contribution in [-0.4, -0.2) is 46.5 Å². The van der Waals surface area contributed by atoms with Crippen molar-refractivity contribution >= 4 is 0 Å². The molecule has 1 unspecified atom stereocenters. The number of nitrogens with zero attached hydrogens (tertiary/aromatic N) is 1. The first-order chi connectivity index (χ1) is 13.2. The molecule has 152 valence electrons. The Morgan fingerprint density at radius 2 is 2.14 bits per heavy atom. The molecular formula is C22H32N3O3+. The fourth-order valence-electron chi connectivity index (χ4n) is 3.63. The number of quaternary nitrogens is 1. The number of hydrogen-bond donors (Lipinski definition) is 3. The van der Waals surface area contributed by atoms with Crippen LogP contribution >= 0.6 is 0 Å². The third-order valence-electron chi connectivity index (χ3n) is 4.98. The molecule has 2 aromatic rings. The van der Waals surface area contributed by atoms with E-state index in [4.69, 9.17) is 9.72 Å². The van der Waals surface area contributed by atoms with E-state index in [9.17, 15) is 9.90 Å². The Bertz CT molecular complexity index is 870. The smallest absolute Gasteiger partial charge is 0.260 e. The molecule has 2 heterocycles. The van der Waals surface area contributed by atoms with Gasteiger partial charge in [-0.15, -0.1) is 0 Å². The number of nitrogens with one attached hydrogen (secondary N) is 2. The zero-order valence-electron chi connectivity index (χ0n) is 17.3. The van der Waals surface area contributed by atoms with Crippen molar-refractivity contribution in [1.29, 1.82) is 0 Å². The van der Waals surface area contributed by atoms with Crippen molar-refractivity contribution in [2.24, 2.45) is 0 Å². The van der Waals surface area contributed by atoms with Crippen molar-refractivity contribution in [3.8, 4) is 0 Å². The van der Waals surface area contributed by atoms with Crippen LogP contribution < -0.4 is 10.5 Å². The standard InChI is InChI=1S/C22H31N3O3/c1-15-6-5-7-16(10-15)11-20-23-19-8-9-25(13-18(19)21(27)24-20)12-17(26)14-28-22(2,3)4/h5-7,10,17,26H,8-9,11-14H2,1-4H3,(H,23,24,27)/p+1/t17-/m0/s1. The van der Waals surface area contributed by atoms with Crippen molar-refractivity contribution in [2.75, 3.05) is 19.7 Å². The van der Waals surface area contributed by atoms with Gasteiger partial charge in [0, 0.05) is 12.8 Å². The van der Waals surface area contributed by atoms with Gasteiger partial charge in [-0.3, -0.25) is 4.79 Å². The number of aryl methyl sites for hydroxylation is 1. The number of ether oxygens (including phenoxy) is 1. The number of H-pyrrole nitrogens is 1. The third kappa shape index (κ3) is 5.74. The van der Waals surface area contributed by atoms with E-state index in [0.717, 1.165) is 35.6 Å². The Morgan fingerprint density at radius 3 is 2.86 bits per heavy atom. The summed E-state index contributed by atoms with van der Waals surface area (Å²) < 4.78 is 5.66. The molecule has 1 aromatic heterocycles. The van der Waals surface area contributed by atoms with Crippen LogP contribution in [0.1, 0.15) is 49.0 Å². The summed E-state index contributed by atoms with van der Waals surface area (Å²) >= 11 is 0. The maximum Gasteiger partial charge on any atom is 0.260 e. The van der Waals surface area contributed by atoms with Crippen molar-refractivity contribution in [3.63, 3.8) is 0 Å². The Labute approximate surface area is 166 Å². The van der Waals surface area contributed by atoms with Gasteiger partial charge >= 0.3 is 0 Å². The highest BCUT2D eigenvalue weighted by molar-refractivity contribution is 5.26. The van der Waals surface area contributed by atoms with Crippen LogP contribution in [0.5, 0.6) is 0 Å². The molecule has 3 N–H and O–H groups in total. The summed E-state index contributed by atoms with van der Waals surface area (Å²) in [6.45, 7) is 10.3.